The number of allylic oxidation sites excluding steroid dienone is 6. The molecule has 71 heavy (non-hydrogen) atoms. The van der Waals surface area contributed by atoms with Crippen molar-refractivity contribution in [2.75, 3.05) is 36.8 Å². The Morgan fingerprint density at radius 2 is 1.04 bits per heavy atom. The Hall–Kier alpha value is -6.13. The number of aromatic hydroxyl groups is 3. The van der Waals surface area contributed by atoms with Crippen LogP contribution in [0.3, 0.4) is 0 Å². The van der Waals surface area contributed by atoms with Crippen LogP contribution in [-0.4, -0.2) is 54.5 Å². The Morgan fingerprint density at radius 1 is 0.634 bits per heavy atom. The summed E-state index contributed by atoms with van der Waals surface area (Å²) in [4.78, 5) is 26.5. The predicted molar refractivity (Wildman–Crippen MR) is 291 cm³/mol. The largest absolute Gasteiger partial charge is 0.507 e. The average molecular weight is 992 g/mol. The zero-order valence-electron chi connectivity index (χ0n) is 43.5. The van der Waals surface area contributed by atoms with E-state index < -0.39 is 12.2 Å². The number of rotatable bonds is 18. The van der Waals surface area contributed by atoms with E-state index in [1.807, 2.05) is 79.7 Å². The first-order valence-electron chi connectivity index (χ1n) is 25.1. The highest BCUT2D eigenvalue weighted by Crippen LogP contribution is 2.48. The Balaban J connectivity index is 0.000000259. The van der Waals surface area contributed by atoms with Gasteiger partial charge in [0.05, 0.1) is 19.9 Å². The first kappa shape index (κ1) is 57.4. The van der Waals surface area contributed by atoms with E-state index in [1.54, 1.807) is 12.1 Å². The maximum atomic E-state index is 12.6. The van der Waals surface area contributed by atoms with Gasteiger partial charge in [-0.25, -0.2) is 14.5 Å². The molecule has 2 aliphatic carbocycles. The SMILES string of the molecule is C=C(C)[C@@H]1CCC(C)=C[C@H]1c1c(O)cc(CCCCC)cc1O.C=C(C)[C@@H]1CCC(C)=C[C@H]1c1c(O)cc(CCCCC)cc1OCN(C(=O)OC)c1ccccc1.COC(=O)N(CCl)c1ccccc1. The van der Waals surface area contributed by atoms with Gasteiger partial charge in [0.15, 0.2) is 6.73 Å². The lowest BCUT2D eigenvalue weighted by Gasteiger charge is -2.32. The summed E-state index contributed by atoms with van der Waals surface area (Å²) in [5, 5.41) is 32.4. The van der Waals surface area contributed by atoms with Crippen molar-refractivity contribution in [1.82, 2.24) is 0 Å². The molecule has 4 atom stereocenters. The van der Waals surface area contributed by atoms with E-state index in [-0.39, 0.29) is 53.7 Å². The lowest BCUT2D eigenvalue weighted by Crippen LogP contribution is -2.34. The number of carbonyl (C=O) groups is 2. The van der Waals surface area contributed by atoms with Gasteiger partial charge in [0.25, 0.3) is 0 Å². The average Bonchev–Trinajstić information content (AvgIpc) is 3.35. The second-order valence-electron chi connectivity index (χ2n) is 18.9. The lowest BCUT2D eigenvalue weighted by atomic mass is 9.73. The molecule has 10 nitrogen and oxygen atoms in total. The Bertz CT molecular complexity index is 2390. The van der Waals surface area contributed by atoms with Gasteiger partial charge in [-0.3, -0.25) is 4.90 Å². The molecular weight excluding hydrogens is 912 g/mol. The third-order valence-corrected chi connectivity index (χ3v) is 13.6. The summed E-state index contributed by atoms with van der Waals surface area (Å²) in [6.07, 6.45) is 16.0. The van der Waals surface area contributed by atoms with E-state index >= 15 is 0 Å². The highest BCUT2D eigenvalue weighted by atomic mass is 35.5. The number of phenols is 3. The molecule has 4 aromatic carbocycles. The van der Waals surface area contributed by atoms with Crippen LogP contribution in [0.15, 0.2) is 133 Å². The molecule has 0 bridgehead atoms. The van der Waals surface area contributed by atoms with Crippen molar-refractivity contribution in [3.63, 3.8) is 0 Å². The molecular formula is C60H79ClN2O8. The maximum absolute atomic E-state index is 12.6. The van der Waals surface area contributed by atoms with E-state index in [9.17, 15) is 24.9 Å². The number of phenolic OH excluding ortho intramolecular Hbond substituents is 3. The van der Waals surface area contributed by atoms with Gasteiger partial charge in [-0.05, 0) is 151 Å². The molecule has 4 aromatic rings. The summed E-state index contributed by atoms with van der Waals surface area (Å²) in [7, 11) is 2.68. The second kappa shape index (κ2) is 29.3. The molecule has 3 N–H and O–H groups in total. The summed E-state index contributed by atoms with van der Waals surface area (Å²) in [5.41, 5.74) is 9.69. The third kappa shape index (κ3) is 16.7. The minimum Gasteiger partial charge on any atom is -0.507 e. The normalized spacial score (nSPS) is 17.1. The van der Waals surface area contributed by atoms with E-state index in [0.717, 1.165) is 97.7 Å². The molecule has 0 spiro atoms. The van der Waals surface area contributed by atoms with Gasteiger partial charge in [0.2, 0.25) is 0 Å². The quantitative estimate of drug-likeness (QED) is 0.0296. The number of hydrogen-bond acceptors (Lipinski definition) is 8. The Kier molecular flexibility index (Phi) is 23.7. The van der Waals surface area contributed by atoms with E-state index in [4.69, 9.17) is 21.1 Å². The molecule has 0 unspecified atom stereocenters. The summed E-state index contributed by atoms with van der Waals surface area (Å²) >= 11 is 5.60. The van der Waals surface area contributed by atoms with Crippen LogP contribution in [0.2, 0.25) is 0 Å². The first-order chi connectivity index (χ1) is 34.1. The highest BCUT2D eigenvalue weighted by Gasteiger charge is 2.32. The van der Waals surface area contributed by atoms with Gasteiger partial charge in [0.1, 0.15) is 29.0 Å². The lowest BCUT2D eigenvalue weighted by molar-refractivity contribution is 0.170. The topological polar surface area (TPSA) is 129 Å². The monoisotopic (exact) mass is 991 g/mol. The number of ether oxygens (including phenoxy) is 3. The molecule has 0 saturated carbocycles. The van der Waals surface area contributed by atoms with Crippen molar-refractivity contribution >= 4 is 35.2 Å². The van der Waals surface area contributed by atoms with Crippen molar-refractivity contribution in [2.45, 2.75) is 130 Å². The molecule has 0 radical (unpaired) electrons. The van der Waals surface area contributed by atoms with Crippen LogP contribution in [0.1, 0.15) is 140 Å². The number of aryl methyl sites for hydroxylation is 2. The van der Waals surface area contributed by atoms with Crippen LogP contribution in [0.4, 0.5) is 21.0 Å². The van der Waals surface area contributed by atoms with Crippen molar-refractivity contribution in [2.24, 2.45) is 11.8 Å². The fourth-order valence-electron chi connectivity index (χ4n) is 9.43. The molecule has 0 heterocycles. The predicted octanol–water partition coefficient (Wildman–Crippen LogP) is 16.1. The second-order valence-corrected chi connectivity index (χ2v) is 19.1. The summed E-state index contributed by atoms with van der Waals surface area (Å²) < 4.78 is 15.9. The number of anilines is 2. The molecule has 6 rings (SSSR count). The summed E-state index contributed by atoms with van der Waals surface area (Å²) in [5.74, 6) is 1.75. The van der Waals surface area contributed by atoms with Gasteiger partial charge >= 0.3 is 12.2 Å². The van der Waals surface area contributed by atoms with Crippen LogP contribution in [0, 0.1) is 11.8 Å². The number of benzene rings is 4. The van der Waals surface area contributed by atoms with Gasteiger partial charge in [-0.2, -0.15) is 0 Å². The van der Waals surface area contributed by atoms with E-state index in [0.29, 0.717) is 17.0 Å². The van der Waals surface area contributed by atoms with Crippen LogP contribution < -0.4 is 14.5 Å². The molecule has 2 aliphatic rings. The number of unbranched alkanes of at least 4 members (excludes halogenated alkanes) is 4. The van der Waals surface area contributed by atoms with Crippen molar-refractivity contribution < 1.29 is 39.1 Å². The van der Waals surface area contributed by atoms with Crippen molar-refractivity contribution in [1.29, 1.82) is 0 Å². The van der Waals surface area contributed by atoms with Gasteiger partial charge in [-0.15, -0.1) is 11.6 Å². The van der Waals surface area contributed by atoms with Gasteiger partial charge in [-0.1, -0.05) is 124 Å². The number of halogens is 1. The number of nitrogens with zero attached hydrogens (tertiary/aromatic N) is 2. The Morgan fingerprint density at radius 3 is 1.46 bits per heavy atom. The standard InChI is InChI=1S/C30H39NO4.C21H30O2.C9H10ClNO2/c1-6-7-9-12-23-18-27(32)29(26-17-22(4)15-16-25(26)21(2)3)28(19-23)35-20-31(30(33)34-5)24-13-10-8-11-14-24;1-5-6-7-8-16-12-19(22)21(20(23)13-16)18-11-15(4)9-10-17(18)14(2)3;1-13-9(12)11(7-10)8-5-3-2-4-6-8/h8,10-11,13-14,17-19,25-26,32H,2,6-7,9,12,15-16,20H2,1,3-5H3;11-13,17-18,22-23H,2,5-10H2,1,3-4H3;2-6H,7H2,1H3/t25-,26+;17-,18+;/m00./s1. The highest BCUT2D eigenvalue weighted by molar-refractivity contribution is 6.21. The van der Waals surface area contributed by atoms with E-state index in [1.165, 1.54) is 48.0 Å². The number of methoxy groups -OCH3 is 2. The number of carbonyl (C=O) groups excluding carboxylic acids is 2. The zero-order valence-corrected chi connectivity index (χ0v) is 44.3. The Labute approximate surface area is 429 Å². The molecule has 11 heteroatoms. The first-order valence-corrected chi connectivity index (χ1v) is 25.7. The number of hydrogen-bond donors (Lipinski definition) is 3. The van der Waals surface area contributed by atoms with Crippen LogP contribution in [0.25, 0.3) is 0 Å². The fourth-order valence-corrected chi connectivity index (χ4v) is 9.66. The molecule has 2 amide bonds. The number of alkyl halides is 1. The van der Waals surface area contributed by atoms with Crippen molar-refractivity contribution in [3.05, 3.63) is 155 Å². The fraction of sp³-hybridized carbons (Fsp3) is 0.433. The number of amides is 2. The van der Waals surface area contributed by atoms with Crippen molar-refractivity contribution in [3.8, 4) is 23.0 Å². The molecule has 0 fully saturated rings. The van der Waals surface area contributed by atoms with Crippen LogP contribution >= 0.6 is 11.6 Å². The molecule has 0 aromatic heterocycles. The minimum absolute atomic E-state index is 0.0194. The zero-order chi connectivity index (χ0) is 52.0. The molecule has 384 valence electrons. The van der Waals surface area contributed by atoms with Crippen LogP contribution in [0.5, 0.6) is 23.0 Å². The molecule has 0 saturated heterocycles. The summed E-state index contributed by atoms with van der Waals surface area (Å²) in [6.45, 7) is 21.0. The van der Waals surface area contributed by atoms with Gasteiger partial charge < -0.3 is 29.5 Å². The van der Waals surface area contributed by atoms with E-state index in [2.05, 4.69) is 64.7 Å². The number of para-hydroxylation sites is 2. The third-order valence-electron chi connectivity index (χ3n) is 13.3. The smallest absolute Gasteiger partial charge is 0.416 e. The summed E-state index contributed by atoms with van der Waals surface area (Å²) in [6, 6.07) is 26.1. The maximum Gasteiger partial charge on any atom is 0.416 e. The minimum atomic E-state index is -0.505. The van der Waals surface area contributed by atoms with Gasteiger partial charge in [0, 0.05) is 28.7 Å². The van der Waals surface area contributed by atoms with Crippen LogP contribution in [-0.2, 0) is 22.3 Å². The molecule has 0 aliphatic heterocycles.